The minimum absolute atomic E-state index is 0.154. The number of carbonyl (C=O) groups is 2. The highest BCUT2D eigenvalue weighted by molar-refractivity contribution is 7.92. The molecule has 2 aromatic rings. The summed E-state index contributed by atoms with van der Waals surface area (Å²) in [6.07, 6.45) is 0.784. The van der Waals surface area contributed by atoms with E-state index >= 15 is 0 Å². The second-order valence-corrected chi connectivity index (χ2v) is 9.46. The first-order valence-corrected chi connectivity index (χ1v) is 10.8. The van der Waals surface area contributed by atoms with Crippen molar-refractivity contribution < 1.29 is 18.0 Å². The summed E-state index contributed by atoms with van der Waals surface area (Å²) in [5.41, 5.74) is 0.845. The third-order valence-corrected chi connectivity index (χ3v) is 6.48. The Bertz CT molecular complexity index is 970. The second kappa shape index (κ2) is 9.21. The fourth-order valence-electron chi connectivity index (χ4n) is 2.41. The molecule has 0 spiro atoms. The zero-order valence-corrected chi connectivity index (χ0v) is 17.5. The minimum atomic E-state index is -3.41. The van der Waals surface area contributed by atoms with Crippen LogP contribution in [0.3, 0.4) is 0 Å². The number of hydrogen-bond donors (Lipinski definition) is 2. The number of carbonyl (C=O) groups excluding carboxylic acids is 2. The van der Waals surface area contributed by atoms with E-state index in [2.05, 4.69) is 10.6 Å². The number of rotatable bonds is 7. The molecule has 8 heteroatoms. The molecule has 28 heavy (non-hydrogen) atoms. The average molecular weight is 423 g/mol. The van der Waals surface area contributed by atoms with Crippen LogP contribution in [-0.2, 0) is 9.84 Å². The molecule has 2 N–H and O–H groups in total. The largest absolute Gasteiger partial charge is 0.352 e. The monoisotopic (exact) mass is 422 g/mol. The lowest BCUT2D eigenvalue weighted by atomic mass is 10.1. The van der Waals surface area contributed by atoms with Crippen molar-refractivity contribution in [3.63, 3.8) is 0 Å². The molecule has 0 aliphatic rings. The van der Waals surface area contributed by atoms with Gasteiger partial charge in [-0.2, -0.15) is 0 Å². The van der Waals surface area contributed by atoms with Crippen molar-refractivity contribution in [2.24, 2.45) is 0 Å². The Morgan fingerprint density at radius 3 is 2.25 bits per heavy atom. The van der Waals surface area contributed by atoms with E-state index in [9.17, 15) is 18.0 Å². The SMILES string of the molecule is CCCNC(=O)c1ccc(Cl)cc1NC(=O)c1ccc(S(=O)(=O)C(C)C)cc1. The first-order chi connectivity index (χ1) is 13.2. The summed E-state index contributed by atoms with van der Waals surface area (Å²) in [6.45, 7) is 5.65. The highest BCUT2D eigenvalue weighted by Gasteiger charge is 2.20. The van der Waals surface area contributed by atoms with Crippen LogP contribution >= 0.6 is 11.6 Å². The summed E-state index contributed by atoms with van der Waals surface area (Å²) in [7, 11) is -3.41. The quantitative estimate of drug-likeness (QED) is 0.707. The van der Waals surface area contributed by atoms with Crippen LogP contribution in [0.5, 0.6) is 0 Å². The Balaban J connectivity index is 2.25. The van der Waals surface area contributed by atoms with Gasteiger partial charge >= 0.3 is 0 Å². The van der Waals surface area contributed by atoms with Crippen LogP contribution in [0.2, 0.25) is 5.02 Å². The zero-order chi connectivity index (χ0) is 20.9. The van der Waals surface area contributed by atoms with Gasteiger partial charge in [0.2, 0.25) is 0 Å². The molecule has 0 heterocycles. The van der Waals surface area contributed by atoms with Gasteiger partial charge in [0.1, 0.15) is 0 Å². The van der Waals surface area contributed by atoms with E-state index in [1.807, 2.05) is 6.92 Å². The molecule has 6 nitrogen and oxygen atoms in total. The number of hydrogen-bond acceptors (Lipinski definition) is 4. The van der Waals surface area contributed by atoms with Gasteiger partial charge < -0.3 is 10.6 Å². The standard InChI is InChI=1S/C20H23ClN2O4S/c1-4-11-22-20(25)17-10-7-15(21)12-18(17)23-19(24)14-5-8-16(9-6-14)28(26,27)13(2)3/h5-10,12-13H,4,11H2,1-3H3,(H,22,25)(H,23,24). The van der Waals surface area contributed by atoms with Crippen molar-refractivity contribution in [2.75, 3.05) is 11.9 Å². The Kier molecular flexibility index (Phi) is 7.21. The maximum Gasteiger partial charge on any atom is 0.255 e. The third kappa shape index (κ3) is 5.11. The van der Waals surface area contributed by atoms with Gasteiger partial charge in [0.25, 0.3) is 11.8 Å². The van der Waals surface area contributed by atoms with E-state index in [1.165, 1.54) is 30.3 Å². The second-order valence-electron chi connectivity index (χ2n) is 6.52. The summed E-state index contributed by atoms with van der Waals surface area (Å²) in [4.78, 5) is 25.0. The van der Waals surface area contributed by atoms with Gasteiger partial charge in [-0.25, -0.2) is 8.42 Å². The highest BCUT2D eigenvalue weighted by Crippen LogP contribution is 2.23. The Morgan fingerprint density at radius 2 is 1.68 bits per heavy atom. The van der Waals surface area contributed by atoms with E-state index in [-0.39, 0.29) is 22.1 Å². The van der Waals surface area contributed by atoms with Crippen molar-refractivity contribution in [3.8, 4) is 0 Å². The van der Waals surface area contributed by atoms with Crippen molar-refractivity contribution in [3.05, 3.63) is 58.6 Å². The van der Waals surface area contributed by atoms with Crippen LogP contribution < -0.4 is 10.6 Å². The van der Waals surface area contributed by atoms with Crippen LogP contribution in [0.15, 0.2) is 47.4 Å². The van der Waals surface area contributed by atoms with E-state index in [4.69, 9.17) is 11.6 Å². The van der Waals surface area contributed by atoms with Gasteiger partial charge in [-0.3, -0.25) is 9.59 Å². The maximum absolute atomic E-state index is 12.6. The van der Waals surface area contributed by atoms with Crippen LogP contribution in [0, 0.1) is 0 Å². The van der Waals surface area contributed by atoms with Gasteiger partial charge in [0.15, 0.2) is 9.84 Å². The van der Waals surface area contributed by atoms with E-state index in [0.717, 1.165) is 6.42 Å². The van der Waals surface area contributed by atoms with Crippen molar-refractivity contribution in [1.29, 1.82) is 0 Å². The Hall–Kier alpha value is -2.38. The van der Waals surface area contributed by atoms with Crippen LogP contribution in [0.4, 0.5) is 5.69 Å². The molecule has 0 aliphatic carbocycles. The molecule has 2 rings (SSSR count). The van der Waals surface area contributed by atoms with Crippen LogP contribution in [0.1, 0.15) is 47.9 Å². The summed E-state index contributed by atoms with van der Waals surface area (Å²) < 4.78 is 24.4. The molecule has 150 valence electrons. The lowest BCUT2D eigenvalue weighted by molar-refractivity contribution is 0.0954. The van der Waals surface area contributed by atoms with Gasteiger partial charge in [-0.15, -0.1) is 0 Å². The molecule has 2 aromatic carbocycles. The number of sulfone groups is 1. The lowest BCUT2D eigenvalue weighted by Crippen LogP contribution is -2.25. The molecule has 0 saturated heterocycles. The topological polar surface area (TPSA) is 92.3 Å². The predicted octanol–water partition coefficient (Wildman–Crippen LogP) is 3.91. The number of halogens is 1. The molecule has 0 unspecified atom stereocenters. The fraction of sp³-hybridized carbons (Fsp3) is 0.300. The van der Waals surface area contributed by atoms with Crippen molar-refractivity contribution in [1.82, 2.24) is 5.32 Å². The number of benzene rings is 2. The summed E-state index contributed by atoms with van der Waals surface area (Å²) in [5.74, 6) is -0.785. The molecular weight excluding hydrogens is 400 g/mol. The van der Waals surface area contributed by atoms with Crippen LogP contribution in [0.25, 0.3) is 0 Å². The van der Waals surface area contributed by atoms with Crippen molar-refractivity contribution >= 4 is 38.9 Å². The molecule has 0 bridgehead atoms. The van der Waals surface area contributed by atoms with E-state index in [1.54, 1.807) is 26.0 Å². The lowest BCUT2D eigenvalue weighted by Gasteiger charge is -2.12. The molecule has 2 amide bonds. The number of amides is 2. The zero-order valence-electron chi connectivity index (χ0n) is 16.0. The van der Waals surface area contributed by atoms with Gasteiger partial charge in [0.05, 0.1) is 21.4 Å². The summed E-state index contributed by atoms with van der Waals surface area (Å²) in [5, 5.41) is 5.25. The van der Waals surface area contributed by atoms with Gasteiger partial charge in [-0.05, 0) is 62.7 Å². The Morgan fingerprint density at radius 1 is 1.04 bits per heavy atom. The maximum atomic E-state index is 12.6. The molecule has 0 fully saturated rings. The number of anilines is 1. The average Bonchev–Trinajstić information content (AvgIpc) is 2.66. The summed E-state index contributed by atoms with van der Waals surface area (Å²) >= 11 is 6.01. The van der Waals surface area contributed by atoms with E-state index in [0.29, 0.717) is 17.1 Å². The van der Waals surface area contributed by atoms with E-state index < -0.39 is 21.0 Å². The molecule has 0 saturated carbocycles. The molecule has 0 atom stereocenters. The molecule has 0 radical (unpaired) electrons. The van der Waals surface area contributed by atoms with Gasteiger partial charge in [0, 0.05) is 17.1 Å². The molecular formula is C20H23ClN2O4S. The number of nitrogens with one attached hydrogen (secondary N) is 2. The third-order valence-electron chi connectivity index (χ3n) is 4.08. The van der Waals surface area contributed by atoms with Gasteiger partial charge in [-0.1, -0.05) is 18.5 Å². The fourth-order valence-corrected chi connectivity index (χ4v) is 3.65. The highest BCUT2D eigenvalue weighted by atomic mass is 35.5. The predicted molar refractivity (Wildman–Crippen MR) is 111 cm³/mol. The van der Waals surface area contributed by atoms with Crippen molar-refractivity contribution in [2.45, 2.75) is 37.3 Å². The van der Waals surface area contributed by atoms with Crippen LogP contribution in [-0.4, -0.2) is 32.0 Å². The molecule has 0 aromatic heterocycles. The Labute approximate surface area is 170 Å². The first kappa shape index (κ1) is 21.9. The smallest absolute Gasteiger partial charge is 0.255 e. The molecule has 0 aliphatic heterocycles. The minimum Gasteiger partial charge on any atom is -0.352 e. The normalized spacial score (nSPS) is 11.3. The first-order valence-electron chi connectivity index (χ1n) is 8.90. The summed E-state index contributed by atoms with van der Waals surface area (Å²) in [6, 6.07) is 10.3.